The molecule has 0 radical (unpaired) electrons. The Kier molecular flexibility index (Phi) is 2.48. The van der Waals surface area contributed by atoms with Gasteiger partial charge in [-0.05, 0) is 25.2 Å². The largest absolute Gasteiger partial charge is 0.314 e. The molecule has 0 aliphatic heterocycles. The van der Waals surface area contributed by atoms with E-state index in [2.05, 4.69) is 22.4 Å². The first-order valence-electron chi connectivity index (χ1n) is 5.88. The fraction of sp³-hybridized carbons (Fsp3) is 0.818. The number of nitrogens with zero attached hydrogens (tertiary/aromatic N) is 2. The molecule has 0 amide bonds. The van der Waals surface area contributed by atoms with Gasteiger partial charge in [0.1, 0.15) is 10.0 Å². The second-order valence-corrected chi connectivity index (χ2v) is 5.93. The molecule has 2 saturated carbocycles. The highest BCUT2D eigenvalue weighted by atomic mass is 32.1. The van der Waals surface area contributed by atoms with Crippen LogP contribution in [-0.4, -0.2) is 22.8 Å². The second-order valence-electron chi connectivity index (χ2n) is 4.83. The van der Waals surface area contributed by atoms with Crippen molar-refractivity contribution in [2.45, 2.75) is 44.6 Å². The van der Waals surface area contributed by atoms with Crippen LogP contribution >= 0.6 is 11.3 Å². The van der Waals surface area contributed by atoms with Gasteiger partial charge in [0, 0.05) is 24.9 Å². The van der Waals surface area contributed by atoms with E-state index in [1.54, 1.807) is 0 Å². The van der Waals surface area contributed by atoms with Crippen LogP contribution in [0.25, 0.3) is 0 Å². The molecule has 0 aromatic carbocycles. The number of hydrogen-bond acceptors (Lipinski definition) is 4. The summed E-state index contributed by atoms with van der Waals surface area (Å²) < 4.78 is 0. The fourth-order valence-electron chi connectivity index (χ4n) is 1.85. The molecule has 3 nitrogen and oxygen atoms in total. The van der Waals surface area contributed by atoms with E-state index in [-0.39, 0.29) is 0 Å². The van der Waals surface area contributed by atoms with Gasteiger partial charge >= 0.3 is 0 Å². The molecular formula is C11H17N3S. The van der Waals surface area contributed by atoms with Crippen LogP contribution in [0, 0.1) is 5.92 Å². The van der Waals surface area contributed by atoms with Gasteiger partial charge in [-0.2, -0.15) is 0 Å². The smallest absolute Gasteiger partial charge is 0.120 e. The molecule has 82 valence electrons. The van der Waals surface area contributed by atoms with Gasteiger partial charge in [-0.15, -0.1) is 21.5 Å². The summed E-state index contributed by atoms with van der Waals surface area (Å²) in [6, 6.07) is 0.806. The van der Waals surface area contributed by atoms with Crippen LogP contribution in [0.5, 0.6) is 0 Å². The number of nitrogens with one attached hydrogen (secondary N) is 1. The van der Waals surface area contributed by atoms with E-state index >= 15 is 0 Å². The van der Waals surface area contributed by atoms with Gasteiger partial charge in [0.15, 0.2) is 0 Å². The molecule has 2 aliphatic carbocycles. The topological polar surface area (TPSA) is 37.8 Å². The molecule has 0 spiro atoms. The third-order valence-electron chi connectivity index (χ3n) is 3.26. The van der Waals surface area contributed by atoms with Gasteiger partial charge in [0.2, 0.25) is 0 Å². The van der Waals surface area contributed by atoms with Crippen molar-refractivity contribution in [1.82, 2.24) is 15.5 Å². The van der Waals surface area contributed by atoms with E-state index < -0.39 is 0 Å². The lowest BCUT2D eigenvalue weighted by Gasteiger charge is -1.97. The molecule has 1 N–H and O–H groups in total. The van der Waals surface area contributed by atoms with Crippen LogP contribution in [0.1, 0.15) is 42.1 Å². The number of aromatic nitrogens is 2. The summed E-state index contributed by atoms with van der Waals surface area (Å²) in [6.45, 7) is 3.36. The third-order valence-corrected chi connectivity index (χ3v) is 4.37. The SMILES string of the molecule is CC1CC1c1nnc(CCNC2CC2)s1. The van der Waals surface area contributed by atoms with Gasteiger partial charge in [-0.25, -0.2) is 0 Å². The monoisotopic (exact) mass is 223 g/mol. The lowest BCUT2D eigenvalue weighted by atomic mass is 10.4. The van der Waals surface area contributed by atoms with Gasteiger partial charge in [0.05, 0.1) is 0 Å². The lowest BCUT2D eigenvalue weighted by Crippen LogP contribution is -2.19. The molecule has 2 fully saturated rings. The summed E-state index contributed by atoms with van der Waals surface area (Å²) in [7, 11) is 0. The molecule has 2 aliphatic rings. The van der Waals surface area contributed by atoms with Crippen LogP contribution in [0.2, 0.25) is 0 Å². The van der Waals surface area contributed by atoms with E-state index in [1.165, 1.54) is 29.3 Å². The molecule has 15 heavy (non-hydrogen) atoms. The van der Waals surface area contributed by atoms with Crippen LogP contribution in [0.4, 0.5) is 0 Å². The van der Waals surface area contributed by atoms with E-state index in [4.69, 9.17) is 0 Å². The zero-order chi connectivity index (χ0) is 10.3. The average molecular weight is 223 g/mol. The Labute approximate surface area is 94.3 Å². The van der Waals surface area contributed by atoms with E-state index in [0.29, 0.717) is 0 Å². The average Bonchev–Trinajstić information content (AvgIpc) is 3.11. The molecular weight excluding hydrogens is 206 g/mol. The maximum atomic E-state index is 4.28. The Hall–Kier alpha value is -0.480. The molecule has 2 unspecified atom stereocenters. The fourth-order valence-corrected chi connectivity index (χ4v) is 2.94. The first kappa shape index (κ1) is 9.73. The highest BCUT2D eigenvalue weighted by Crippen LogP contribution is 2.47. The summed E-state index contributed by atoms with van der Waals surface area (Å²) in [6.07, 6.45) is 5.09. The number of hydrogen-bond donors (Lipinski definition) is 1. The summed E-state index contributed by atoms with van der Waals surface area (Å²) in [5.41, 5.74) is 0. The molecule has 1 aromatic rings. The van der Waals surface area contributed by atoms with E-state index in [0.717, 1.165) is 30.8 Å². The minimum atomic E-state index is 0.729. The Balaban J connectivity index is 1.49. The maximum Gasteiger partial charge on any atom is 0.120 e. The van der Waals surface area contributed by atoms with Crippen LogP contribution in [0.3, 0.4) is 0 Å². The molecule has 4 heteroatoms. The van der Waals surface area contributed by atoms with Crippen molar-refractivity contribution in [3.05, 3.63) is 10.0 Å². The lowest BCUT2D eigenvalue weighted by molar-refractivity contribution is 0.677. The predicted molar refractivity (Wildman–Crippen MR) is 61.2 cm³/mol. The van der Waals surface area contributed by atoms with Gasteiger partial charge in [-0.1, -0.05) is 6.92 Å². The first-order valence-corrected chi connectivity index (χ1v) is 6.70. The van der Waals surface area contributed by atoms with Gasteiger partial charge in [-0.3, -0.25) is 0 Å². The van der Waals surface area contributed by atoms with Crippen LogP contribution < -0.4 is 5.32 Å². The van der Waals surface area contributed by atoms with Gasteiger partial charge in [0.25, 0.3) is 0 Å². The quantitative estimate of drug-likeness (QED) is 0.829. The zero-order valence-corrected chi connectivity index (χ0v) is 9.89. The van der Waals surface area contributed by atoms with Gasteiger partial charge < -0.3 is 5.32 Å². The normalized spacial score (nSPS) is 29.4. The molecule has 3 rings (SSSR count). The minimum Gasteiger partial charge on any atom is -0.314 e. The number of rotatable bonds is 5. The van der Waals surface area contributed by atoms with Crippen LogP contribution in [0.15, 0.2) is 0 Å². The molecule has 0 saturated heterocycles. The minimum absolute atomic E-state index is 0.729. The molecule has 1 aromatic heterocycles. The molecule has 2 atom stereocenters. The third kappa shape index (κ3) is 2.37. The second kappa shape index (κ2) is 3.83. The Bertz CT molecular complexity index is 345. The standard InChI is InChI=1S/C11H17N3S/c1-7-6-9(7)11-14-13-10(15-11)4-5-12-8-2-3-8/h7-9,12H,2-6H2,1H3. The Morgan fingerprint density at radius 3 is 2.87 bits per heavy atom. The van der Waals surface area contributed by atoms with Crippen molar-refractivity contribution in [3.63, 3.8) is 0 Å². The van der Waals surface area contributed by atoms with Crippen molar-refractivity contribution < 1.29 is 0 Å². The molecule has 0 bridgehead atoms. The van der Waals surface area contributed by atoms with E-state index in [9.17, 15) is 0 Å². The maximum absolute atomic E-state index is 4.28. The van der Waals surface area contributed by atoms with Crippen LogP contribution in [-0.2, 0) is 6.42 Å². The van der Waals surface area contributed by atoms with Crippen molar-refractivity contribution in [2.75, 3.05) is 6.54 Å². The summed E-state index contributed by atoms with van der Waals surface area (Å²) in [5.74, 6) is 1.57. The Morgan fingerprint density at radius 1 is 1.40 bits per heavy atom. The van der Waals surface area contributed by atoms with Crippen molar-refractivity contribution in [1.29, 1.82) is 0 Å². The molecule has 1 heterocycles. The van der Waals surface area contributed by atoms with Crippen molar-refractivity contribution >= 4 is 11.3 Å². The van der Waals surface area contributed by atoms with E-state index in [1.807, 2.05) is 11.3 Å². The summed E-state index contributed by atoms with van der Waals surface area (Å²) in [5, 5.41) is 14.5. The summed E-state index contributed by atoms with van der Waals surface area (Å²) in [4.78, 5) is 0. The zero-order valence-electron chi connectivity index (χ0n) is 9.07. The predicted octanol–water partition coefficient (Wildman–Crippen LogP) is 1.96. The highest BCUT2D eigenvalue weighted by Gasteiger charge is 2.36. The van der Waals surface area contributed by atoms with Crippen molar-refractivity contribution in [2.24, 2.45) is 5.92 Å². The Morgan fingerprint density at radius 2 is 2.20 bits per heavy atom. The highest BCUT2D eigenvalue weighted by molar-refractivity contribution is 7.11. The summed E-state index contributed by atoms with van der Waals surface area (Å²) >= 11 is 1.82. The first-order chi connectivity index (χ1) is 7.33. The van der Waals surface area contributed by atoms with Crippen molar-refractivity contribution in [3.8, 4) is 0 Å².